The normalized spacial score (nSPS) is 17.1. The number of allylic oxidation sites excluding steroid dienone is 3. The molecule has 2 aromatic rings. The van der Waals surface area contributed by atoms with Gasteiger partial charge in [-0.05, 0) is 63.1 Å². The van der Waals surface area contributed by atoms with Crippen LogP contribution in [0.2, 0.25) is 0 Å². The fourth-order valence-corrected chi connectivity index (χ4v) is 3.79. The fourth-order valence-electron chi connectivity index (χ4n) is 3.79. The van der Waals surface area contributed by atoms with E-state index in [9.17, 15) is 18.8 Å². The number of methoxy groups -OCH3 is 1. The molecule has 2 aromatic carbocycles. The SMILES string of the molecule is C/C=C(/N)NC1=CC(=O)C(OC)=C/C1=C\Oc1ccc(NC(=O)C2(C(=O)Nc3ccc(C)cc3)CC2)cc1F. The molecule has 1 saturated carbocycles. The van der Waals surface area contributed by atoms with Crippen LogP contribution in [0.5, 0.6) is 5.75 Å². The van der Waals surface area contributed by atoms with Crippen LogP contribution < -0.4 is 26.4 Å². The van der Waals surface area contributed by atoms with E-state index in [0.29, 0.717) is 35.6 Å². The van der Waals surface area contributed by atoms with Crippen molar-refractivity contribution in [2.75, 3.05) is 17.7 Å². The molecule has 2 aliphatic rings. The summed E-state index contributed by atoms with van der Waals surface area (Å²) < 4.78 is 25.5. The maximum absolute atomic E-state index is 14.9. The van der Waals surface area contributed by atoms with Crippen molar-refractivity contribution in [2.24, 2.45) is 11.1 Å². The molecule has 9 nitrogen and oxygen atoms in total. The highest BCUT2D eigenvalue weighted by Crippen LogP contribution is 2.47. The summed E-state index contributed by atoms with van der Waals surface area (Å²) in [5.74, 6) is -1.76. The van der Waals surface area contributed by atoms with Crippen LogP contribution in [0.25, 0.3) is 0 Å². The van der Waals surface area contributed by atoms with Gasteiger partial charge in [-0.1, -0.05) is 17.7 Å². The monoisotopic (exact) mass is 532 g/mol. The van der Waals surface area contributed by atoms with Gasteiger partial charge >= 0.3 is 0 Å². The van der Waals surface area contributed by atoms with Crippen molar-refractivity contribution in [3.63, 3.8) is 0 Å². The van der Waals surface area contributed by atoms with Gasteiger partial charge in [-0.3, -0.25) is 14.4 Å². The molecule has 0 aliphatic heterocycles. The lowest BCUT2D eigenvalue weighted by Gasteiger charge is -2.17. The number of rotatable bonds is 9. The minimum atomic E-state index is -1.20. The number of nitrogens with two attached hydrogens (primary N) is 1. The molecule has 4 rings (SSSR count). The van der Waals surface area contributed by atoms with E-state index in [0.717, 1.165) is 11.6 Å². The molecular weight excluding hydrogens is 503 g/mol. The smallest absolute Gasteiger partial charge is 0.240 e. The molecule has 0 atom stereocenters. The van der Waals surface area contributed by atoms with Crippen LogP contribution in [-0.4, -0.2) is 24.7 Å². The standard InChI is InChI=1S/C29H29FN4O5/c1-4-26(31)34-22-15-23(35)25(38-3)13-18(22)16-39-24-10-9-20(14-21(24)30)33-28(37)29(11-12-29)27(36)32-19-7-5-17(2)6-8-19/h4-10,13-16,34H,11-12,31H2,1-3H3,(H,32,36)(H,33,37)/b18-16+,26-4-. The summed E-state index contributed by atoms with van der Waals surface area (Å²) in [6, 6.07) is 11.2. The number of ether oxygens (including phenoxy) is 2. The Labute approximate surface area is 225 Å². The highest BCUT2D eigenvalue weighted by Gasteiger charge is 2.56. The number of carbonyl (C=O) groups excluding carboxylic acids is 3. The maximum atomic E-state index is 14.9. The van der Waals surface area contributed by atoms with Gasteiger partial charge in [-0.25, -0.2) is 4.39 Å². The zero-order valence-electron chi connectivity index (χ0n) is 21.8. The Balaban J connectivity index is 1.44. The van der Waals surface area contributed by atoms with Crippen LogP contribution in [-0.2, 0) is 19.1 Å². The number of carbonyl (C=O) groups is 3. The number of aryl methyl sites for hydroxylation is 1. The summed E-state index contributed by atoms with van der Waals surface area (Å²) in [5, 5.41) is 8.29. The van der Waals surface area contributed by atoms with E-state index >= 15 is 0 Å². The quantitative estimate of drug-likeness (QED) is 0.282. The Hall–Kier alpha value is -4.86. The first-order valence-electron chi connectivity index (χ1n) is 12.2. The molecule has 0 radical (unpaired) electrons. The summed E-state index contributed by atoms with van der Waals surface area (Å²) in [4.78, 5) is 37.9. The predicted octanol–water partition coefficient (Wildman–Crippen LogP) is 4.16. The second-order valence-electron chi connectivity index (χ2n) is 9.20. The molecule has 1 fully saturated rings. The summed E-state index contributed by atoms with van der Waals surface area (Å²) >= 11 is 0. The maximum Gasteiger partial charge on any atom is 0.240 e. The van der Waals surface area contributed by atoms with Gasteiger partial charge in [0, 0.05) is 29.1 Å². The molecule has 2 amide bonds. The van der Waals surface area contributed by atoms with Gasteiger partial charge in [-0.15, -0.1) is 0 Å². The van der Waals surface area contributed by atoms with E-state index in [4.69, 9.17) is 15.2 Å². The van der Waals surface area contributed by atoms with Crippen LogP contribution in [0.1, 0.15) is 25.3 Å². The van der Waals surface area contributed by atoms with Gasteiger partial charge in [0.2, 0.25) is 17.6 Å². The highest BCUT2D eigenvalue weighted by molar-refractivity contribution is 6.16. The van der Waals surface area contributed by atoms with Gasteiger partial charge in [-0.2, -0.15) is 0 Å². The summed E-state index contributed by atoms with van der Waals surface area (Å²) in [6.45, 7) is 3.66. The zero-order chi connectivity index (χ0) is 28.2. The van der Waals surface area contributed by atoms with Gasteiger partial charge < -0.3 is 31.2 Å². The molecular formula is C29H29FN4O5. The third-order valence-corrected chi connectivity index (χ3v) is 6.36. The van der Waals surface area contributed by atoms with Crippen LogP contribution in [0, 0.1) is 18.2 Å². The van der Waals surface area contributed by atoms with E-state index in [-0.39, 0.29) is 23.0 Å². The highest BCUT2D eigenvalue weighted by atomic mass is 19.1. The third kappa shape index (κ3) is 6.18. The number of hydrogen-bond acceptors (Lipinski definition) is 7. The summed E-state index contributed by atoms with van der Waals surface area (Å²) in [7, 11) is 1.36. The number of hydrogen-bond donors (Lipinski definition) is 4. The van der Waals surface area contributed by atoms with Gasteiger partial charge in [0.1, 0.15) is 11.7 Å². The molecule has 0 bridgehead atoms. The molecule has 5 N–H and O–H groups in total. The van der Waals surface area contributed by atoms with E-state index in [1.54, 1.807) is 25.1 Å². The van der Waals surface area contributed by atoms with Crippen molar-refractivity contribution in [2.45, 2.75) is 26.7 Å². The van der Waals surface area contributed by atoms with Crippen LogP contribution in [0.3, 0.4) is 0 Å². The van der Waals surface area contributed by atoms with Gasteiger partial charge in [0.25, 0.3) is 0 Å². The lowest BCUT2D eigenvalue weighted by atomic mass is 10.0. The Morgan fingerprint density at radius 3 is 2.23 bits per heavy atom. The topological polar surface area (TPSA) is 132 Å². The molecule has 10 heteroatoms. The van der Waals surface area contributed by atoms with E-state index in [1.807, 2.05) is 19.1 Å². The third-order valence-electron chi connectivity index (χ3n) is 6.36. The molecule has 202 valence electrons. The Bertz CT molecular complexity index is 1440. The molecule has 0 spiro atoms. The Morgan fingerprint density at radius 2 is 1.64 bits per heavy atom. The molecule has 0 heterocycles. The molecule has 2 aliphatic carbocycles. The Morgan fingerprint density at radius 1 is 1.00 bits per heavy atom. The summed E-state index contributed by atoms with van der Waals surface area (Å²) in [5.41, 5.74) is 7.19. The average Bonchev–Trinajstić information content (AvgIpc) is 3.73. The minimum absolute atomic E-state index is 0.0772. The van der Waals surface area contributed by atoms with E-state index in [2.05, 4.69) is 16.0 Å². The first kappa shape index (κ1) is 27.2. The predicted molar refractivity (Wildman–Crippen MR) is 144 cm³/mol. The van der Waals surface area contributed by atoms with Crippen molar-refractivity contribution in [3.05, 3.63) is 101 Å². The molecule has 39 heavy (non-hydrogen) atoms. The van der Waals surface area contributed by atoms with Gasteiger partial charge in [0.05, 0.1) is 18.6 Å². The average molecular weight is 533 g/mol. The van der Waals surface area contributed by atoms with Crippen LogP contribution in [0.15, 0.2) is 89.8 Å². The largest absolute Gasteiger partial charge is 0.493 e. The second kappa shape index (κ2) is 11.3. The van der Waals surface area contributed by atoms with E-state index < -0.39 is 23.0 Å². The number of anilines is 2. The lowest BCUT2D eigenvalue weighted by molar-refractivity contribution is -0.131. The lowest BCUT2D eigenvalue weighted by Crippen LogP contribution is -2.35. The molecule has 0 unspecified atom stereocenters. The first-order chi connectivity index (χ1) is 18.6. The number of amides is 2. The number of ketones is 1. The zero-order valence-corrected chi connectivity index (χ0v) is 21.8. The van der Waals surface area contributed by atoms with Crippen molar-refractivity contribution in [1.29, 1.82) is 0 Å². The van der Waals surface area contributed by atoms with E-state index in [1.165, 1.54) is 37.7 Å². The number of nitrogens with one attached hydrogen (secondary N) is 3. The number of benzene rings is 2. The van der Waals surface area contributed by atoms with Crippen LogP contribution >= 0.6 is 0 Å². The Kier molecular flexibility index (Phi) is 7.85. The van der Waals surface area contributed by atoms with Crippen LogP contribution in [0.4, 0.5) is 15.8 Å². The van der Waals surface area contributed by atoms with Crippen molar-refractivity contribution in [3.8, 4) is 5.75 Å². The summed E-state index contributed by atoms with van der Waals surface area (Å²) in [6.07, 6.45) is 6.39. The van der Waals surface area contributed by atoms with Crippen molar-refractivity contribution in [1.82, 2.24) is 5.32 Å². The van der Waals surface area contributed by atoms with Crippen molar-refractivity contribution < 1.29 is 28.2 Å². The molecule has 0 aromatic heterocycles. The number of halogens is 1. The molecule has 0 saturated heterocycles. The first-order valence-corrected chi connectivity index (χ1v) is 12.2. The van der Waals surface area contributed by atoms with Crippen molar-refractivity contribution >= 4 is 29.0 Å². The second-order valence-corrected chi connectivity index (χ2v) is 9.20. The van der Waals surface area contributed by atoms with Gasteiger partial charge in [0.15, 0.2) is 17.3 Å². The minimum Gasteiger partial charge on any atom is -0.493 e. The fraction of sp³-hybridized carbons (Fsp3) is 0.207.